The molecule has 41 heavy (non-hydrogen) atoms. The molecular formula is C29H37FN2O9. The van der Waals surface area contributed by atoms with Crippen LogP contribution in [0, 0.1) is 11.7 Å². The van der Waals surface area contributed by atoms with Crippen LogP contribution in [0.2, 0.25) is 0 Å². The van der Waals surface area contributed by atoms with Crippen molar-refractivity contribution in [1.29, 1.82) is 0 Å². The van der Waals surface area contributed by atoms with Crippen molar-refractivity contribution in [2.75, 3.05) is 20.5 Å². The van der Waals surface area contributed by atoms with Gasteiger partial charge in [-0.15, -0.1) is 0 Å². The van der Waals surface area contributed by atoms with Gasteiger partial charge in [-0.3, -0.25) is 9.59 Å². The third kappa shape index (κ3) is 9.31. The molecule has 12 heteroatoms. The van der Waals surface area contributed by atoms with Crippen LogP contribution in [0.3, 0.4) is 0 Å². The number of aromatic nitrogens is 1. The van der Waals surface area contributed by atoms with E-state index in [-0.39, 0.29) is 35.3 Å². The zero-order chi connectivity index (χ0) is 29.9. The number of nitrogens with zero attached hydrogens (tertiary/aromatic N) is 1. The number of carbonyl (C=O) groups excluding carboxylic acids is 3. The second kappa shape index (κ2) is 15.2. The molecule has 1 N–H and O–H groups in total. The summed E-state index contributed by atoms with van der Waals surface area (Å²) in [6.45, 7) is 6.88. The van der Waals surface area contributed by atoms with E-state index < -0.39 is 49.0 Å². The first-order valence-corrected chi connectivity index (χ1v) is 13.4. The molecule has 224 valence electrons. The van der Waals surface area contributed by atoms with Gasteiger partial charge < -0.3 is 33.7 Å². The Kier molecular flexibility index (Phi) is 11.7. The predicted molar refractivity (Wildman–Crippen MR) is 144 cm³/mol. The van der Waals surface area contributed by atoms with E-state index in [1.165, 1.54) is 50.6 Å². The second-order valence-corrected chi connectivity index (χ2v) is 9.99. The number of hydrogen-bond donors (Lipinski definition) is 1. The number of ether oxygens (including phenoxy) is 6. The summed E-state index contributed by atoms with van der Waals surface area (Å²) < 4.78 is 47.1. The van der Waals surface area contributed by atoms with E-state index in [4.69, 9.17) is 28.4 Å². The third-order valence-electron chi connectivity index (χ3n) is 6.19. The number of methoxy groups -OCH3 is 1. The van der Waals surface area contributed by atoms with Gasteiger partial charge in [0.05, 0.1) is 7.11 Å². The number of amides is 1. The molecule has 0 bridgehead atoms. The number of cyclic esters (lactones) is 1. The minimum atomic E-state index is -1.01. The molecule has 1 aliphatic rings. The molecule has 2 aromatic rings. The third-order valence-corrected chi connectivity index (χ3v) is 6.19. The zero-order valence-electron chi connectivity index (χ0n) is 23.9. The van der Waals surface area contributed by atoms with Gasteiger partial charge in [-0.25, -0.2) is 14.2 Å². The van der Waals surface area contributed by atoms with Gasteiger partial charge in [0.1, 0.15) is 35.9 Å². The van der Waals surface area contributed by atoms with Crippen LogP contribution in [0.4, 0.5) is 4.39 Å². The lowest BCUT2D eigenvalue weighted by Crippen LogP contribution is -2.46. The largest absolute Gasteiger partial charge is 0.493 e. The molecule has 3 rings (SSSR count). The minimum Gasteiger partial charge on any atom is -0.493 e. The molecule has 0 spiro atoms. The van der Waals surface area contributed by atoms with E-state index in [0.717, 1.165) is 0 Å². The molecule has 0 unspecified atom stereocenters. The number of pyridine rings is 1. The normalized spacial score (nSPS) is 21.1. The van der Waals surface area contributed by atoms with E-state index >= 15 is 0 Å². The summed E-state index contributed by atoms with van der Waals surface area (Å²) in [5, 5.41) is 2.69. The Morgan fingerprint density at radius 1 is 1.17 bits per heavy atom. The van der Waals surface area contributed by atoms with Crippen LogP contribution in [0.5, 0.6) is 17.2 Å². The molecule has 11 nitrogen and oxygen atoms in total. The summed E-state index contributed by atoms with van der Waals surface area (Å²) in [7, 11) is 1.38. The maximum Gasteiger partial charge on any atom is 0.329 e. The first-order chi connectivity index (χ1) is 19.6. The van der Waals surface area contributed by atoms with Crippen molar-refractivity contribution < 1.29 is 47.2 Å². The molecular weight excluding hydrogens is 539 g/mol. The number of halogens is 1. The Morgan fingerprint density at radius 3 is 2.56 bits per heavy atom. The van der Waals surface area contributed by atoms with Crippen molar-refractivity contribution in [3.63, 3.8) is 0 Å². The molecule has 1 aliphatic heterocycles. The Labute approximate surface area is 238 Å². The molecule has 1 fully saturated rings. The smallest absolute Gasteiger partial charge is 0.329 e. The van der Waals surface area contributed by atoms with Crippen molar-refractivity contribution in [1.82, 2.24) is 10.3 Å². The van der Waals surface area contributed by atoms with E-state index in [1.807, 2.05) is 13.8 Å². The van der Waals surface area contributed by atoms with Crippen molar-refractivity contribution in [3.05, 3.63) is 48.0 Å². The lowest BCUT2D eigenvalue weighted by Gasteiger charge is -2.32. The topological polar surface area (TPSA) is 132 Å². The molecule has 4 atom stereocenters. The van der Waals surface area contributed by atoms with Crippen LogP contribution < -0.4 is 19.5 Å². The molecule has 1 aromatic carbocycles. The average molecular weight is 577 g/mol. The Bertz CT molecular complexity index is 1180. The summed E-state index contributed by atoms with van der Waals surface area (Å²) >= 11 is 0. The number of benzene rings is 1. The Balaban J connectivity index is 1.79. The molecule has 0 saturated carbocycles. The standard InChI is InChI=1S/C29H37FN2O9/c1-17(2)15-37-26-18(3)40-29(35)22(7-6-8-24(26)41-21-11-9-20(30)10-12-21)32-28(34)25-27(39-16-38-19(4)33)23(36-5)13-14-31-25/h9-14,17-18,22,24,26H,6-8,15-16H2,1-5H3,(H,32,34)/t18-,22-,24-,26-/m0/s1. The molecule has 1 amide bonds. The van der Waals surface area contributed by atoms with Crippen molar-refractivity contribution in [2.45, 2.75) is 71.3 Å². The van der Waals surface area contributed by atoms with Crippen molar-refractivity contribution in [3.8, 4) is 17.2 Å². The number of nitrogens with one attached hydrogen (secondary N) is 1. The van der Waals surface area contributed by atoms with E-state index in [1.54, 1.807) is 6.92 Å². The highest BCUT2D eigenvalue weighted by Gasteiger charge is 2.37. The highest BCUT2D eigenvalue weighted by atomic mass is 19.1. The van der Waals surface area contributed by atoms with Gasteiger partial charge in [0, 0.05) is 25.8 Å². The monoisotopic (exact) mass is 576 g/mol. The van der Waals surface area contributed by atoms with Gasteiger partial charge in [0.15, 0.2) is 17.2 Å². The summed E-state index contributed by atoms with van der Waals surface area (Å²) in [6.07, 6.45) is 0.708. The number of rotatable bonds is 11. The second-order valence-electron chi connectivity index (χ2n) is 9.99. The maximum absolute atomic E-state index is 13.4. The van der Waals surface area contributed by atoms with Crippen LogP contribution >= 0.6 is 0 Å². The van der Waals surface area contributed by atoms with Crippen LogP contribution in [0.25, 0.3) is 0 Å². The van der Waals surface area contributed by atoms with Gasteiger partial charge in [0.2, 0.25) is 6.79 Å². The van der Waals surface area contributed by atoms with Gasteiger partial charge in [0.25, 0.3) is 5.91 Å². The number of esters is 2. The van der Waals surface area contributed by atoms with Crippen LogP contribution in [-0.2, 0) is 23.8 Å². The van der Waals surface area contributed by atoms with E-state index in [9.17, 15) is 18.8 Å². The van der Waals surface area contributed by atoms with Crippen LogP contribution in [0.1, 0.15) is 57.4 Å². The Hall–Kier alpha value is -3.93. The SMILES string of the molecule is COc1ccnc(C(=O)N[C@H]2CCC[C@H](Oc3ccc(F)cc3)[C@@H](OCC(C)C)[C@H](C)OC2=O)c1OCOC(C)=O. The minimum absolute atomic E-state index is 0.0477. The highest BCUT2D eigenvalue weighted by molar-refractivity contribution is 5.98. The molecule has 1 aromatic heterocycles. The maximum atomic E-state index is 13.4. The fourth-order valence-electron chi connectivity index (χ4n) is 4.22. The van der Waals surface area contributed by atoms with Gasteiger partial charge in [-0.2, -0.15) is 0 Å². The zero-order valence-corrected chi connectivity index (χ0v) is 23.9. The predicted octanol–water partition coefficient (Wildman–Crippen LogP) is 3.83. The van der Waals surface area contributed by atoms with Crippen molar-refractivity contribution >= 4 is 17.8 Å². The summed E-state index contributed by atoms with van der Waals surface area (Å²) in [6, 6.07) is 6.15. The molecule has 0 radical (unpaired) electrons. The first-order valence-electron chi connectivity index (χ1n) is 13.4. The van der Waals surface area contributed by atoms with Crippen LogP contribution in [-0.4, -0.2) is 67.7 Å². The fourth-order valence-corrected chi connectivity index (χ4v) is 4.22. The Morgan fingerprint density at radius 2 is 1.90 bits per heavy atom. The lowest BCUT2D eigenvalue weighted by molar-refractivity contribution is -0.163. The molecule has 2 heterocycles. The van der Waals surface area contributed by atoms with Crippen LogP contribution in [0.15, 0.2) is 36.5 Å². The lowest BCUT2D eigenvalue weighted by atomic mass is 10.0. The van der Waals surface area contributed by atoms with Gasteiger partial charge >= 0.3 is 11.9 Å². The van der Waals surface area contributed by atoms with E-state index in [0.29, 0.717) is 25.2 Å². The summed E-state index contributed by atoms with van der Waals surface area (Å²) in [4.78, 5) is 41.7. The van der Waals surface area contributed by atoms with Gasteiger partial charge in [-0.1, -0.05) is 13.8 Å². The first kappa shape index (κ1) is 31.6. The molecule has 0 aliphatic carbocycles. The molecule has 1 saturated heterocycles. The highest BCUT2D eigenvalue weighted by Crippen LogP contribution is 2.30. The average Bonchev–Trinajstić information content (AvgIpc) is 2.97. The fraction of sp³-hybridized carbons (Fsp3) is 0.517. The summed E-state index contributed by atoms with van der Waals surface area (Å²) in [5.41, 5.74) is -0.159. The summed E-state index contributed by atoms with van der Waals surface area (Å²) in [5.74, 6) is -1.48. The quantitative estimate of drug-likeness (QED) is 0.311. The van der Waals surface area contributed by atoms with E-state index in [2.05, 4.69) is 10.3 Å². The van der Waals surface area contributed by atoms with Gasteiger partial charge in [-0.05, 0) is 56.4 Å². The number of hydrogen-bond acceptors (Lipinski definition) is 10. The number of carbonyl (C=O) groups is 3. The van der Waals surface area contributed by atoms with Crippen molar-refractivity contribution in [2.24, 2.45) is 5.92 Å².